The van der Waals surface area contributed by atoms with Crippen molar-refractivity contribution in [3.63, 3.8) is 0 Å². The van der Waals surface area contributed by atoms with E-state index in [-0.39, 0.29) is 0 Å². The summed E-state index contributed by atoms with van der Waals surface area (Å²) in [5.41, 5.74) is 16.5. The first-order chi connectivity index (χ1) is 66.3. The molecule has 18 aromatic rings. The van der Waals surface area contributed by atoms with Crippen LogP contribution in [0.1, 0.15) is 22.3 Å². The van der Waals surface area contributed by atoms with Crippen molar-refractivity contribution in [3.05, 3.63) is 326 Å². The lowest BCUT2D eigenvalue weighted by atomic mass is 9.95. The van der Waals surface area contributed by atoms with Crippen molar-refractivity contribution in [3.8, 4) is 170 Å². The Balaban J connectivity index is 0.000000138. The largest absolute Gasteiger partial charge is 0.497 e. The molecule has 0 N–H and O–H groups in total. The van der Waals surface area contributed by atoms with E-state index in [1.165, 1.54) is 0 Å². The number of aryl methyl sites for hydroxylation is 4. The minimum Gasteiger partial charge on any atom is -0.497 e. The van der Waals surface area contributed by atoms with Crippen LogP contribution in [-0.2, 0) is 0 Å². The summed E-state index contributed by atoms with van der Waals surface area (Å²) in [7, 11) is 30.4. The molecular formula is C118H116O18. The second-order valence-corrected chi connectivity index (χ2v) is 31.4. The lowest BCUT2D eigenvalue weighted by molar-refractivity contribution is 0.407. The van der Waals surface area contributed by atoms with Gasteiger partial charge in [0.05, 0.1) is 128 Å². The zero-order valence-corrected chi connectivity index (χ0v) is 81.2. The number of hydrogen-bond donors (Lipinski definition) is 0. The summed E-state index contributed by atoms with van der Waals surface area (Å²) in [4.78, 5) is 0. The van der Waals surface area contributed by atoms with Crippen LogP contribution in [-0.4, -0.2) is 128 Å². The fraction of sp³-hybridized carbons (Fsp3) is 0.186. The van der Waals surface area contributed by atoms with Gasteiger partial charge in [-0.1, -0.05) is 218 Å². The van der Waals surface area contributed by atoms with Gasteiger partial charge in [0.2, 0.25) is 0 Å². The Kier molecular flexibility index (Phi) is 32.8. The molecule has 0 radical (unpaired) electrons. The quantitative estimate of drug-likeness (QED) is 0.0560. The standard InChI is InChI=1S/4C20H20O3.2C19H18O3/c1-13-8-7-11-16(19(13)22-3)17-12-18(21-2)14-9-5-6-10-15(14)20(17)23-4;1-13-11-14(21-2)9-10-15(13)18-12-19(22-3)16-7-5-6-8-17(16)20(18)23-4;1-13-11-14(9-10-18(13)21-2)17-12-19(22-3)15-7-5-6-8-16(15)20(17)23-4;1-13-9-10-15(18(11-13)21-2)17-12-19(22-3)14-7-5-6-8-16(14)20(17)23-4;1-20-17-11-7-6-9-14(17)16-12-18(21-2)13-8-4-5-10-15(13)19(16)22-3;1-20-14-10-8-13(9-11-14)17-12-18(21-2)15-6-4-5-7-16(15)19(17)22-3/h4*5-12H,1-4H3;2*4-12H,1-3H3. The molecule has 0 fully saturated rings. The molecule has 0 spiro atoms. The lowest BCUT2D eigenvalue weighted by Crippen LogP contribution is -1.96. The minimum absolute atomic E-state index is 0.804. The maximum atomic E-state index is 5.74. The Morgan fingerprint density at radius 3 is 0.765 bits per heavy atom. The van der Waals surface area contributed by atoms with E-state index in [2.05, 4.69) is 43.3 Å². The highest BCUT2D eigenvalue weighted by molar-refractivity contribution is 6.06. The molecule has 0 bridgehead atoms. The molecule has 18 aromatic carbocycles. The van der Waals surface area contributed by atoms with Gasteiger partial charge in [-0.25, -0.2) is 0 Å². The zero-order valence-electron chi connectivity index (χ0n) is 81.2. The SMILES string of the molecule is COc1c(C)cccc1-c1cc(OC)c2ccccc2c1OC.COc1cc(C)ccc1-c1cc(OC)c2ccccc2c1OC.COc1ccc(-c2cc(OC)c3ccccc3c2OC)c(C)c1.COc1ccc(-c2cc(OC)c3ccccc3c2OC)cc1.COc1ccc(-c2cc(OC)c3ccccc3c2OC)cc1C.COc1ccccc1-c1cc(OC)c2ccccc2c1OC. The lowest BCUT2D eigenvalue weighted by Gasteiger charge is -2.18. The Labute approximate surface area is 796 Å². The van der Waals surface area contributed by atoms with Gasteiger partial charge in [-0.05, 0) is 152 Å². The Hall–Kier alpha value is -16.1. The Morgan fingerprint density at radius 1 is 0.132 bits per heavy atom. The van der Waals surface area contributed by atoms with E-state index in [4.69, 9.17) is 85.3 Å². The van der Waals surface area contributed by atoms with Crippen molar-refractivity contribution >= 4 is 64.6 Å². The van der Waals surface area contributed by atoms with Gasteiger partial charge in [0.15, 0.2) is 0 Å². The number of benzene rings is 18. The number of hydrogen-bond acceptors (Lipinski definition) is 18. The zero-order chi connectivity index (χ0) is 96.6. The molecule has 0 aliphatic carbocycles. The van der Waals surface area contributed by atoms with Crippen molar-refractivity contribution in [1.82, 2.24) is 0 Å². The van der Waals surface area contributed by atoms with Crippen LogP contribution in [0.4, 0.5) is 0 Å². The molecule has 696 valence electrons. The van der Waals surface area contributed by atoms with E-state index in [1.807, 2.05) is 288 Å². The topological polar surface area (TPSA) is 166 Å². The predicted molar refractivity (Wildman–Crippen MR) is 553 cm³/mol. The molecule has 0 heterocycles. The van der Waals surface area contributed by atoms with Gasteiger partial charge in [-0.15, -0.1) is 0 Å². The van der Waals surface area contributed by atoms with Crippen molar-refractivity contribution < 1.29 is 85.3 Å². The average Bonchev–Trinajstić information content (AvgIpc) is 0.826. The molecule has 0 amide bonds. The van der Waals surface area contributed by atoms with Gasteiger partial charge < -0.3 is 85.3 Å². The first-order valence-corrected chi connectivity index (χ1v) is 44.1. The van der Waals surface area contributed by atoms with Crippen LogP contribution in [0.5, 0.6) is 103 Å². The molecule has 0 aliphatic rings. The molecule has 0 atom stereocenters. The van der Waals surface area contributed by atoms with E-state index < -0.39 is 0 Å². The highest BCUT2D eigenvalue weighted by atomic mass is 16.5. The molecular weight excluding hydrogens is 1710 g/mol. The smallest absolute Gasteiger partial charge is 0.134 e. The molecule has 18 rings (SSSR count). The van der Waals surface area contributed by atoms with Gasteiger partial charge in [-0.3, -0.25) is 0 Å². The summed E-state index contributed by atoms with van der Waals surface area (Å²) in [6.45, 7) is 8.18. The summed E-state index contributed by atoms with van der Waals surface area (Å²) >= 11 is 0. The van der Waals surface area contributed by atoms with E-state index >= 15 is 0 Å². The molecule has 0 aliphatic heterocycles. The van der Waals surface area contributed by atoms with Gasteiger partial charge >= 0.3 is 0 Å². The van der Waals surface area contributed by atoms with Crippen LogP contribution in [0.3, 0.4) is 0 Å². The second kappa shape index (κ2) is 45.8. The maximum absolute atomic E-state index is 5.74. The van der Waals surface area contributed by atoms with Crippen molar-refractivity contribution in [2.45, 2.75) is 27.7 Å². The van der Waals surface area contributed by atoms with Crippen molar-refractivity contribution in [2.24, 2.45) is 0 Å². The van der Waals surface area contributed by atoms with E-state index in [0.29, 0.717) is 0 Å². The van der Waals surface area contributed by atoms with Crippen LogP contribution in [0.15, 0.2) is 303 Å². The van der Waals surface area contributed by atoms with Crippen LogP contribution in [0.25, 0.3) is 131 Å². The second-order valence-electron chi connectivity index (χ2n) is 31.4. The highest BCUT2D eigenvalue weighted by Gasteiger charge is 2.25. The normalized spacial score (nSPS) is 10.6. The summed E-state index contributed by atoms with van der Waals surface area (Å²) in [5, 5.41) is 12.4. The van der Waals surface area contributed by atoms with Gasteiger partial charge in [-0.2, -0.15) is 0 Å². The van der Waals surface area contributed by atoms with E-state index in [1.54, 1.807) is 128 Å². The van der Waals surface area contributed by atoms with E-state index in [9.17, 15) is 0 Å². The van der Waals surface area contributed by atoms with Gasteiger partial charge in [0.1, 0.15) is 103 Å². The third-order valence-electron chi connectivity index (χ3n) is 23.9. The summed E-state index contributed by atoms with van der Waals surface area (Å²) in [5.74, 6) is 15.0. The maximum Gasteiger partial charge on any atom is 0.134 e. The Morgan fingerprint density at radius 2 is 0.419 bits per heavy atom. The molecule has 18 heteroatoms. The molecule has 0 aromatic heterocycles. The number of fused-ring (bicyclic) bond motifs is 6. The van der Waals surface area contributed by atoms with Crippen LogP contribution < -0.4 is 85.3 Å². The molecule has 0 saturated heterocycles. The van der Waals surface area contributed by atoms with Gasteiger partial charge in [0, 0.05) is 115 Å². The molecule has 18 nitrogen and oxygen atoms in total. The van der Waals surface area contributed by atoms with Crippen LogP contribution >= 0.6 is 0 Å². The average molecular weight is 1820 g/mol. The van der Waals surface area contributed by atoms with Crippen molar-refractivity contribution in [2.75, 3.05) is 128 Å². The fourth-order valence-corrected chi connectivity index (χ4v) is 17.4. The third-order valence-corrected chi connectivity index (χ3v) is 23.9. The summed E-state index contributed by atoms with van der Waals surface area (Å²) < 4.78 is 100. The number of ether oxygens (including phenoxy) is 18. The summed E-state index contributed by atoms with van der Waals surface area (Å²) in [6.07, 6.45) is 0. The van der Waals surface area contributed by atoms with Gasteiger partial charge in [0.25, 0.3) is 0 Å². The van der Waals surface area contributed by atoms with E-state index in [0.717, 1.165) is 257 Å². The summed E-state index contributed by atoms with van der Waals surface area (Å²) in [6, 6.07) is 101. The predicted octanol–water partition coefficient (Wildman–Crippen LogP) is 28.4. The monoisotopic (exact) mass is 1820 g/mol. The molecule has 0 unspecified atom stereocenters. The minimum atomic E-state index is 0.804. The van der Waals surface area contributed by atoms with Crippen molar-refractivity contribution in [1.29, 1.82) is 0 Å². The Bertz CT molecular complexity index is 7230. The van der Waals surface area contributed by atoms with Crippen LogP contribution in [0.2, 0.25) is 0 Å². The highest BCUT2D eigenvalue weighted by Crippen LogP contribution is 2.52. The number of para-hydroxylation sites is 2. The van der Waals surface area contributed by atoms with Crippen LogP contribution in [0, 0.1) is 27.7 Å². The number of methoxy groups -OCH3 is 18. The fourth-order valence-electron chi connectivity index (χ4n) is 17.4. The number of rotatable bonds is 24. The molecule has 136 heavy (non-hydrogen) atoms. The first kappa shape index (κ1) is 97.4. The first-order valence-electron chi connectivity index (χ1n) is 44.1. The third kappa shape index (κ3) is 20.6. The molecule has 0 saturated carbocycles.